The lowest BCUT2D eigenvalue weighted by atomic mass is 10.3. The van der Waals surface area contributed by atoms with Gasteiger partial charge in [0.25, 0.3) is 10.2 Å². The molecule has 0 unspecified atom stereocenters. The van der Waals surface area contributed by atoms with Gasteiger partial charge in [-0.25, -0.2) is 4.98 Å². The van der Waals surface area contributed by atoms with Crippen LogP contribution in [0.1, 0.15) is 31.0 Å². The average Bonchev–Trinajstić information content (AvgIpc) is 2.79. The molecular weight excluding hydrogens is 308 g/mol. The van der Waals surface area contributed by atoms with E-state index in [-0.39, 0.29) is 0 Å². The second kappa shape index (κ2) is 8.19. The van der Waals surface area contributed by atoms with Crippen LogP contribution in [-0.4, -0.2) is 55.2 Å². The Hall–Kier alpha value is -0.540. The van der Waals surface area contributed by atoms with Crippen molar-refractivity contribution >= 4 is 21.5 Å². The Labute approximate surface area is 132 Å². The maximum absolute atomic E-state index is 12.4. The van der Waals surface area contributed by atoms with Gasteiger partial charge in [0.1, 0.15) is 0 Å². The maximum atomic E-state index is 12.4. The molecule has 1 N–H and O–H groups in total. The van der Waals surface area contributed by atoms with E-state index in [1.807, 2.05) is 12.3 Å². The third kappa shape index (κ3) is 5.99. The molecule has 6 nitrogen and oxygen atoms in total. The lowest BCUT2D eigenvalue weighted by Gasteiger charge is -2.24. The zero-order valence-corrected chi connectivity index (χ0v) is 15.1. The highest BCUT2D eigenvalue weighted by molar-refractivity contribution is 7.86. The van der Waals surface area contributed by atoms with Crippen LogP contribution in [-0.2, 0) is 16.8 Å². The van der Waals surface area contributed by atoms with Gasteiger partial charge in [0, 0.05) is 32.1 Å². The molecule has 0 bridgehead atoms. The van der Waals surface area contributed by atoms with Crippen LogP contribution in [0.15, 0.2) is 5.38 Å². The Morgan fingerprint density at radius 2 is 2.00 bits per heavy atom. The summed E-state index contributed by atoms with van der Waals surface area (Å²) in [6.45, 7) is 7.68. The molecule has 8 heteroatoms. The molecule has 0 saturated carbocycles. The lowest BCUT2D eigenvalue weighted by Crippen LogP contribution is -2.40. The summed E-state index contributed by atoms with van der Waals surface area (Å²) < 4.78 is 27.5. The van der Waals surface area contributed by atoms with Gasteiger partial charge in [-0.15, -0.1) is 11.3 Å². The van der Waals surface area contributed by atoms with Crippen molar-refractivity contribution in [3.05, 3.63) is 16.1 Å². The van der Waals surface area contributed by atoms with Crippen LogP contribution >= 0.6 is 11.3 Å². The van der Waals surface area contributed by atoms with Crippen LogP contribution in [0.2, 0.25) is 0 Å². The summed E-state index contributed by atoms with van der Waals surface area (Å²) in [5.41, 5.74) is 0.790. The van der Waals surface area contributed by atoms with Crippen LogP contribution in [0, 0.1) is 6.92 Å². The maximum Gasteiger partial charge on any atom is 0.281 e. The molecule has 0 spiro atoms. The molecule has 0 aromatic carbocycles. The highest BCUT2D eigenvalue weighted by Crippen LogP contribution is 2.13. The van der Waals surface area contributed by atoms with Gasteiger partial charge in [-0.2, -0.15) is 17.0 Å². The zero-order chi connectivity index (χ0) is 16.0. The fraction of sp³-hybridized carbons (Fsp3) is 0.769. The Kier molecular flexibility index (Phi) is 7.22. The predicted molar refractivity (Wildman–Crippen MR) is 87.6 cm³/mol. The fourth-order valence-corrected chi connectivity index (χ4v) is 3.57. The molecule has 0 aliphatic carbocycles. The molecule has 21 heavy (non-hydrogen) atoms. The van der Waals surface area contributed by atoms with E-state index in [1.165, 1.54) is 19.9 Å². The van der Waals surface area contributed by atoms with Crippen molar-refractivity contribution in [1.82, 2.24) is 18.9 Å². The van der Waals surface area contributed by atoms with Crippen LogP contribution in [0.25, 0.3) is 0 Å². The van der Waals surface area contributed by atoms with E-state index < -0.39 is 10.2 Å². The van der Waals surface area contributed by atoms with Crippen molar-refractivity contribution < 1.29 is 8.42 Å². The van der Waals surface area contributed by atoms with E-state index in [9.17, 15) is 8.42 Å². The summed E-state index contributed by atoms with van der Waals surface area (Å²) >= 11 is 1.53. The van der Waals surface area contributed by atoms with E-state index >= 15 is 0 Å². The number of aryl methyl sites for hydroxylation is 1. The van der Waals surface area contributed by atoms with E-state index in [0.717, 1.165) is 23.7 Å². The third-order valence-corrected chi connectivity index (χ3v) is 5.75. The van der Waals surface area contributed by atoms with E-state index in [2.05, 4.69) is 24.1 Å². The molecule has 0 fully saturated rings. The van der Waals surface area contributed by atoms with Crippen molar-refractivity contribution in [3.63, 3.8) is 0 Å². The normalized spacial score (nSPS) is 12.8. The minimum atomic E-state index is -3.43. The lowest BCUT2D eigenvalue weighted by molar-refractivity contribution is 0.381. The van der Waals surface area contributed by atoms with Gasteiger partial charge < -0.3 is 5.32 Å². The molecule has 0 radical (unpaired) electrons. The molecule has 0 aliphatic heterocycles. The summed E-state index contributed by atoms with van der Waals surface area (Å²) in [5, 5.41) is 6.13. The molecule has 1 aromatic rings. The van der Waals surface area contributed by atoms with Gasteiger partial charge in [-0.1, -0.05) is 13.8 Å². The second-order valence-electron chi connectivity index (χ2n) is 5.41. The Balaban J connectivity index is 2.50. The molecule has 0 amide bonds. The summed E-state index contributed by atoms with van der Waals surface area (Å²) in [7, 11) is -0.216. The largest absolute Gasteiger partial charge is 0.314 e. The number of rotatable bonds is 9. The number of nitrogens with zero attached hydrogens (tertiary/aromatic N) is 3. The van der Waals surface area contributed by atoms with Gasteiger partial charge in [0.05, 0.1) is 17.2 Å². The van der Waals surface area contributed by atoms with Gasteiger partial charge >= 0.3 is 0 Å². The van der Waals surface area contributed by atoms with E-state index in [1.54, 1.807) is 14.1 Å². The number of hydrogen-bond acceptors (Lipinski definition) is 5. The Bertz CT molecular complexity index is 528. The quantitative estimate of drug-likeness (QED) is 0.694. The standard InChI is InChI=1S/C13H26N4O2S2/c1-11(2)14-7-6-8-16(4)21(18,19)17(5)9-13-10-20-12(3)15-13/h10-11,14H,6-9H2,1-5H3. The summed E-state index contributed by atoms with van der Waals surface area (Å²) in [5.74, 6) is 0. The van der Waals surface area contributed by atoms with Crippen LogP contribution in [0.3, 0.4) is 0 Å². The van der Waals surface area contributed by atoms with Gasteiger partial charge in [-0.3, -0.25) is 0 Å². The summed E-state index contributed by atoms with van der Waals surface area (Å²) in [6.07, 6.45) is 0.789. The summed E-state index contributed by atoms with van der Waals surface area (Å²) in [6, 6.07) is 0.419. The van der Waals surface area contributed by atoms with Crippen molar-refractivity contribution in [2.45, 2.75) is 39.8 Å². The Morgan fingerprint density at radius 3 is 2.52 bits per heavy atom. The Morgan fingerprint density at radius 1 is 1.33 bits per heavy atom. The third-order valence-electron chi connectivity index (χ3n) is 3.04. The van der Waals surface area contributed by atoms with Crippen molar-refractivity contribution in [3.8, 4) is 0 Å². The van der Waals surface area contributed by atoms with Gasteiger partial charge in [0.15, 0.2) is 0 Å². The highest BCUT2D eigenvalue weighted by Gasteiger charge is 2.23. The monoisotopic (exact) mass is 334 g/mol. The highest BCUT2D eigenvalue weighted by atomic mass is 32.2. The first-order valence-electron chi connectivity index (χ1n) is 7.05. The smallest absolute Gasteiger partial charge is 0.281 e. The first kappa shape index (κ1) is 18.5. The second-order valence-corrected chi connectivity index (χ2v) is 8.61. The van der Waals surface area contributed by atoms with Crippen molar-refractivity contribution in [2.24, 2.45) is 0 Å². The van der Waals surface area contributed by atoms with E-state index in [4.69, 9.17) is 0 Å². The molecule has 0 aliphatic rings. The topological polar surface area (TPSA) is 65.5 Å². The predicted octanol–water partition coefficient (Wildman–Crippen LogP) is 1.45. The molecule has 122 valence electrons. The zero-order valence-electron chi connectivity index (χ0n) is 13.5. The number of hydrogen-bond donors (Lipinski definition) is 1. The first-order valence-corrected chi connectivity index (χ1v) is 9.33. The van der Waals surface area contributed by atoms with Crippen LogP contribution in [0.4, 0.5) is 0 Å². The van der Waals surface area contributed by atoms with Gasteiger partial charge in [-0.05, 0) is 19.9 Å². The molecule has 1 aromatic heterocycles. The fourth-order valence-electron chi connectivity index (χ4n) is 1.84. The minimum absolute atomic E-state index is 0.307. The first-order chi connectivity index (χ1) is 9.73. The molecule has 1 rings (SSSR count). The number of nitrogens with one attached hydrogen (secondary N) is 1. The minimum Gasteiger partial charge on any atom is -0.314 e. The molecular formula is C13H26N4O2S2. The van der Waals surface area contributed by atoms with Crippen molar-refractivity contribution in [1.29, 1.82) is 0 Å². The average molecular weight is 335 g/mol. The van der Waals surface area contributed by atoms with Crippen LogP contribution < -0.4 is 5.32 Å². The summed E-state index contributed by atoms with van der Waals surface area (Å²) in [4.78, 5) is 4.30. The number of aromatic nitrogens is 1. The van der Waals surface area contributed by atoms with Gasteiger partial charge in [0.2, 0.25) is 0 Å². The molecule has 1 heterocycles. The molecule has 0 saturated heterocycles. The van der Waals surface area contributed by atoms with Crippen molar-refractivity contribution in [2.75, 3.05) is 27.2 Å². The SMILES string of the molecule is Cc1nc(CN(C)S(=O)(=O)N(C)CCCNC(C)C)cs1. The molecule has 0 atom stereocenters. The van der Waals surface area contributed by atoms with Crippen LogP contribution in [0.5, 0.6) is 0 Å². The van der Waals surface area contributed by atoms with E-state index in [0.29, 0.717) is 19.1 Å². The number of thiazole rings is 1.